The van der Waals surface area contributed by atoms with Gasteiger partial charge in [-0.2, -0.15) is 5.26 Å². The van der Waals surface area contributed by atoms with Crippen molar-refractivity contribution in [3.63, 3.8) is 0 Å². The van der Waals surface area contributed by atoms with Crippen molar-refractivity contribution in [1.29, 1.82) is 5.26 Å². The Labute approximate surface area is 203 Å². The summed E-state index contributed by atoms with van der Waals surface area (Å²) in [5.74, 6) is 1.79. The number of hydrogen-bond acceptors (Lipinski definition) is 4. The summed E-state index contributed by atoms with van der Waals surface area (Å²) in [7, 11) is 0. The van der Waals surface area contributed by atoms with Gasteiger partial charge in [0.25, 0.3) is 0 Å². The van der Waals surface area contributed by atoms with E-state index in [0.29, 0.717) is 36.1 Å². The Kier molecular flexibility index (Phi) is 6.54. The standard InChI is InChI=1S/C30H23N3O2/c31-19-25(30-32-26-13-7-8-14-27(26)33-30)17-24-15-16-28(34-20-22-9-3-1-4-10-22)29(18-24)35-21-23-11-5-2-6-12-23/h1-18H,20-21H2,(H,32,33)/b25-17+. The molecule has 5 rings (SSSR count). The Morgan fingerprint density at radius 3 is 2.06 bits per heavy atom. The summed E-state index contributed by atoms with van der Waals surface area (Å²) in [4.78, 5) is 7.78. The lowest BCUT2D eigenvalue weighted by molar-refractivity contribution is 0.256. The summed E-state index contributed by atoms with van der Waals surface area (Å²) in [6.07, 6.45) is 1.80. The van der Waals surface area contributed by atoms with E-state index in [2.05, 4.69) is 16.0 Å². The van der Waals surface area contributed by atoms with Crippen molar-refractivity contribution in [2.75, 3.05) is 0 Å². The summed E-state index contributed by atoms with van der Waals surface area (Å²) in [6.45, 7) is 0.838. The van der Waals surface area contributed by atoms with Crippen LogP contribution in [0.5, 0.6) is 11.5 Å². The maximum atomic E-state index is 9.82. The predicted molar refractivity (Wildman–Crippen MR) is 138 cm³/mol. The Bertz CT molecular complexity index is 1470. The van der Waals surface area contributed by atoms with Crippen LogP contribution in [0.15, 0.2) is 103 Å². The average Bonchev–Trinajstić information content (AvgIpc) is 3.35. The number of ether oxygens (including phenoxy) is 2. The number of fused-ring (bicyclic) bond motifs is 1. The molecule has 0 aliphatic rings. The van der Waals surface area contributed by atoms with Crippen molar-refractivity contribution in [2.45, 2.75) is 13.2 Å². The Balaban J connectivity index is 1.44. The van der Waals surface area contributed by atoms with Gasteiger partial charge in [0.2, 0.25) is 0 Å². The second kappa shape index (κ2) is 10.4. The van der Waals surface area contributed by atoms with Crippen molar-refractivity contribution in [2.24, 2.45) is 0 Å². The van der Waals surface area contributed by atoms with Gasteiger partial charge in [-0.15, -0.1) is 0 Å². The zero-order chi connectivity index (χ0) is 23.9. The van der Waals surface area contributed by atoms with Gasteiger partial charge in [0, 0.05) is 0 Å². The molecule has 0 aliphatic heterocycles. The fourth-order valence-corrected chi connectivity index (χ4v) is 3.72. The molecule has 0 atom stereocenters. The molecule has 0 aliphatic carbocycles. The SMILES string of the molecule is N#C/C(=C\c1ccc(OCc2ccccc2)c(OCc2ccccc2)c1)c1nc2ccccc2[nH]1. The number of H-pyrrole nitrogens is 1. The van der Waals surface area contributed by atoms with Gasteiger partial charge in [-0.05, 0) is 47.0 Å². The Morgan fingerprint density at radius 1 is 0.771 bits per heavy atom. The number of aromatic amines is 1. The maximum Gasteiger partial charge on any atom is 0.162 e. The zero-order valence-electron chi connectivity index (χ0n) is 19.0. The minimum Gasteiger partial charge on any atom is -0.485 e. The molecule has 5 nitrogen and oxygen atoms in total. The summed E-state index contributed by atoms with van der Waals surface area (Å²) in [5, 5.41) is 9.82. The molecule has 0 saturated carbocycles. The van der Waals surface area contributed by atoms with Crippen molar-refractivity contribution >= 4 is 22.7 Å². The predicted octanol–water partition coefficient (Wildman–Crippen LogP) is 6.79. The van der Waals surface area contributed by atoms with Crippen LogP contribution in [0.2, 0.25) is 0 Å². The summed E-state index contributed by atoms with van der Waals surface area (Å²) < 4.78 is 12.3. The lowest BCUT2D eigenvalue weighted by Crippen LogP contribution is -2.01. The number of nitrogens with one attached hydrogen (secondary N) is 1. The molecule has 0 spiro atoms. The molecule has 170 valence electrons. The highest BCUT2D eigenvalue weighted by Crippen LogP contribution is 2.31. The van der Waals surface area contributed by atoms with Crippen LogP contribution >= 0.6 is 0 Å². The number of para-hydroxylation sites is 2. The van der Waals surface area contributed by atoms with Crippen molar-refractivity contribution in [1.82, 2.24) is 9.97 Å². The van der Waals surface area contributed by atoms with Crippen LogP contribution in [0, 0.1) is 11.3 Å². The summed E-state index contributed by atoms with van der Waals surface area (Å²) in [5.41, 5.74) is 5.09. The Hall–Kier alpha value is -4.82. The molecule has 5 heteroatoms. The first-order valence-electron chi connectivity index (χ1n) is 11.3. The van der Waals surface area contributed by atoms with Crippen LogP contribution in [-0.2, 0) is 13.2 Å². The van der Waals surface area contributed by atoms with Gasteiger partial charge in [-0.3, -0.25) is 0 Å². The molecule has 0 bridgehead atoms. The third-order valence-electron chi connectivity index (χ3n) is 5.52. The highest BCUT2D eigenvalue weighted by atomic mass is 16.5. The monoisotopic (exact) mass is 457 g/mol. The zero-order valence-corrected chi connectivity index (χ0v) is 19.0. The highest BCUT2D eigenvalue weighted by molar-refractivity contribution is 5.90. The molecule has 0 fully saturated rings. The van der Waals surface area contributed by atoms with E-state index in [1.165, 1.54) is 0 Å². The number of imidazole rings is 1. The smallest absolute Gasteiger partial charge is 0.162 e. The van der Waals surface area contributed by atoms with Crippen molar-refractivity contribution < 1.29 is 9.47 Å². The second-order valence-corrected chi connectivity index (χ2v) is 8.03. The van der Waals surface area contributed by atoms with E-state index >= 15 is 0 Å². The van der Waals surface area contributed by atoms with Gasteiger partial charge in [-0.25, -0.2) is 4.98 Å². The molecule has 0 saturated heterocycles. The van der Waals surface area contributed by atoms with Crippen LogP contribution in [0.4, 0.5) is 0 Å². The fraction of sp³-hybridized carbons (Fsp3) is 0.0667. The molecule has 5 aromatic rings. The minimum atomic E-state index is 0.407. The molecule has 0 unspecified atom stereocenters. The van der Waals surface area contributed by atoms with Gasteiger partial charge < -0.3 is 14.5 Å². The molecule has 1 N–H and O–H groups in total. The first-order valence-corrected chi connectivity index (χ1v) is 11.3. The first kappa shape index (κ1) is 22.0. The molecular weight excluding hydrogens is 434 g/mol. The lowest BCUT2D eigenvalue weighted by Gasteiger charge is -2.14. The number of nitriles is 1. The number of rotatable bonds is 8. The number of hydrogen-bond donors (Lipinski definition) is 1. The number of benzene rings is 4. The van der Waals surface area contributed by atoms with E-state index in [0.717, 1.165) is 27.7 Å². The number of allylic oxidation sites excluding steroid dienone is 1. The van der Waals surface area contributed by atoms with E-state index in [1.807, 2.05) is 103 Å². The molecule has 35 heavy (non-hydrogen) atoms. The molecule has 0 radical (unpaired) electrons. The molecular formula is C30H23N3O2. The first-order chi connectivity index (χ1) is 17.3. The fourth-order valence-electron chi connectivity index (χ4n) is 3.72. The van der Waals surface area contributed by atoms with E-state index in [1.54, 1.807) is 6.08 Å². The van der Waals surface area contributed by atoms with Gasteiger partial charge >= 0.3 is 0 Å². The van der Waals surface area contributed by atoms with Gasteiger partial charge in [0.05, 0.1) is 16.6 Å². The lowest BCUT2D eigenvalue weighted by atomic mass is 10.1. The third-order valence-corrected chi connectivity index (χ3v) is 5.52. The number of aromatic nitrogens is 2. The van der Waals surface area contributed by atoms with E-state index in [-0.39, 0.29) is 0 Å². The summed E-state index contributed by atoms with van der Waals surface area (Å²) >= 11 is 0. The largest absolute Gasteiger partial charge is 0.485 e. The summed E-state index contributed by atoms with van der Waals surface area (Å²) in [6, 6.07) is 35.6. The average molecular weight is 458 g/mol. The minimum absolute atomic E-state index is 0.407. The highest BCUT2D eigenvalue weighted by Gasteiger charge is 2.11. The Morgan fingerprint density at radius 2 is 1.40 bits per heavy atom. The van der Waals surface area contributed by atoms with Crippen LogP contribution < -0.4 is 9.47 Å². The molecule has 1 heterocycles. The molecule has 4 aromatic carbocycles. The van der Waals surface area contributed by atoms with Crippen LogP contribution in [0.25, 0.3) is 22.7 Å². The van der Waals surface area contributed by atoms with Crippen LogP contribution in [0.1, 0.15) is 22.5 Å². The van der Waals surface area contributed by atoms with E-state index in [9.17, 15) is 5.26 Å². The van der Waals surface area contributed by atoms with E-state index in [4.69, 9.17) is 9.47 Å². The van der Waals surface area contributed by atoms with Crippen molar-refractivity contribution in [3.8, 4) is 17.6 Å². The quantitative estimate of drug-likeness (QED) is 0.261. The van der Waals surface area contributed by atoms with Crippen LogP contribution in [0.3, 0.4) is 0 Å². The van der Waals surface area contributed by atoms with Gasteiger partial charge in [0.1, 0.15) is 25.1 Å². The van der Waals surface area contributed by atoms with Gasteiger partial charge in [0.15, 0.2) is 11.5 Å². The second-order valence-electron chi connectivity index (χ2n) is 8.03. The van der Waals surface area contributed by atoms with E-state index < -0.39 is 0 Å². The maximum absolute atomic E-state index is 9.82. The van der Waals surface area contributed by atoms with Crippen LogP contribution in [-0.4, -0.2) is 9.97 Å². The normalized spacial score (nSPS) is 11.2. The van der Waals surface area contributed by atoms with Gasteiger partial charge in [-0.1, -0.05) is 78.9 Å². The van der Waals surface area contributed by atoms with Crippen molar-refractivity contribution in [3.05, 3.63) is 126 Å². The third kappa shape index (κ3) is 5.40. The molecule has 1 aromatic heterocycles. The topological polar surface area (TPSA) is 70.9 Å². The number of nitrogens with zero attached hydrogens (tertiary/aromatic N) is 2. The molecule has 0 amide bonds.